The van der Waals surface area contributed by atoms with Crippen molar-refractivity contribution in [3.05, 3.63) is 41.7 Å². The molecular formula is C12H10O3S. The van der Waals surface area contributed by atoms with Crippen molar-refractivity contribution in [1.29, 1.82) is 0 Å². The summed E-state index contributed by atoms with van der Waals surface area (Å²) in [7, 11) is 0. The first-order valence-corrected chi connectivity index (χ1v) is 6.21. The molecule has 3 rings (SSSR count). The molecule has 0 saturated carbocycles. The van der Waals surface area contributed by atoms with Gasteiger partial charge in [-0.15, -0.1) is 0 Å². The molecule has 0 aliphatic heterocycles. The fourth-order valence-corrected chi connectivity index (χ4v) is 2.59. The zero-order chi connectivity index (χ0) is 11.1. The summed E-state index contributed by atoms with van der Waals surface area (Å²) in [6.45, 7) is 0. The maximum Gasteiger partial charge on any atom is 0.160 e. The van der Waals surface area contributed by atoms with Gasteiger partial charge in [-0.3, -0.25) is 0 Å². The molecule has 0 amide bonds. The van der Waals surface area contributed by atoms with Crippen LogP contribution in [0.5, 0.6) is 0 Å². The molecule has 0 radical (unpaired) electrons. The highest BCUT2D eigenvalue weighted by Crippen LogP contribution is 2.31. The molecule has 0 fully saturated rings. The minimum absolute atomic E-state index is 0.325. The monoisotopic (exact) mass is 234 g/mol. The first kappa shape index (κ1) is 9.81. The molecule has 1 aromatic heterocycles. The van der Waals surface area contributed by atoms with E-state index in [1.807, 2.05) is 24.3 Å². The molecule has 1 aliphatic carbocycles. The summed E-state index contributed by atoms with van der Waals surface area (Å²) >= 11 is -1.81. The molecule has 1 N–H and O–H groups in total. The zero-order valence-electron chi connectivity index (χ0n) is 8.42. The highest BCUT2D eigenvalue weighted by atomic mass is 32.2. The Bertz CT molecular complexity index is 597. The smallest absolute Gasteiger partial charge is 0.160 e. The summed E-state index contributed by atoms with van der Waals surface area (Å²) < 4.78 is 25.8. The van der Waals surface area contributed by atoms with Crippen LogP contribution < -0.4 is 0 Å². The number of rotatable bonds is 1. The lowest BCUT2D eigenvalue weighted by Gasteiger charge is -2.12. The van der Waals surface area contributed by atoms with Gasteiger partial charge >= 0.3 is 0 Å². The first-order valence-electron chi connectivity index (χ1n) is 5.04. The van der Waals surface area contributed by atoms with E-state index in [0.29, 0.717) is 6.42 Å². The summed E-state index contributed by atoms with van der Waals surface area (Å²) in [5.74, 6) is 0.808. The lowest BCUT2D eigenvalue weighted by molar-refractivity contribution is 0.553. The van der Waals surface area contributed by atoms with E-state index in [-0.39, 0.29) is 5.25 Å². The summed E-state index contributed by atoms with van der Waals surface area (Å²) in [5.41, 5.74) is 1.87. The highest BCUT2D eigenvalue weighted by molar-refractivity contribution is 7.80. The van der Waals surface area contributed by atoms with E-state index in [4.69, 9.17) is 8.97 Å². The summed E-state index contributed by atoms with van der Waals surface area (Å²) in [4.78, 5) is 0. The van der Waals surface area contributed by atoms with E-state index in [2.05, 4.69) is 0 Å². The van der Waals surface area contributed by atoms with Gasteiger partial charge in [0.15, 0.2) is 11.1 Å². The fraction of sp³-hybridized carbons (Fsp3) is 0.167. The SMILES string of the molecule is O=S(O)C1C=Cc2oc3ccccc3c2C1. The first-order chi connectivity index (χ1) is 7.75. The molecule has 3 nitrogen and oxygen atoms in total. The normalized spacial score (nSPS) is 20.9. The average Bonchev–Trinajstić information content (AvgIpc) is 2.66. The quantitative estimate of drug-likeness (QED) is 0.771. The molecule has 0 saturated heterocycles. The van der Waals surface area contributed by atoms with Gasteiger partial charge in [-0.2, -0.15) is 0 Å². The van der Waals surface area contributed by atoms with Crippen LogP contribution in [0.15, 0.2) is 34.8 Å². The maximum atomic E-state index is 11.1. The second-order valence-electron chi connectivity index (χ2n) is 3.82. The molecule has 2 atom stereocenters. The van der Waals surface area contributed by atoms with Crippen molar-refractivity contribution in [2.75, 3.05) is 0 Å². The Morgan fingerprint density at radius 2 is 2.19 bits per heavy atom. The molecule has 1 aromatic carbocycles. The third kappa shape index (κ3) is 1.42. The van der Waals surface area contributed by atoms with Crippen molar-refractivity contribution < 1.29 is 13.2 Å². The van der Waals surface area contributed by atoms with Crippen molar-refractivity contribution in [3.8, 4) is 0 Å². The summed E-state index contributed by atoms with van der Waals surface area (Å²) in [5, 5.41) is 0.714. The van der Waals surface area contributed by atoms with Crippen molar-refractivity contribution in [2.24, 2.45) is 0 Å². The standard InChI is InChI=1S/C12H10O3S/c13-16(14)8-5-6-12-10(7-8)9-3-1-2-4-11(9)15-12/h1-6,8H,7H2,(H,13,14). The van der Waals surface area contributed by atoms with Gasteiger partial charge in [-0.1, -0.05) is 24.3 Å². The van der Waals surface area contributed by atoms with Gasteiger partial charge in [0.2, 0.25) is 0 Å². The third-order valence-electron chi connectivity index (χ3n) is 2.86. The second kappa shape index (κ2) is 3.57. The van der Waals surface area contributed by atoms with Gasteiger partial charge in [-0.05, 0) is 18.6 Å². The Kier molecular flexibility index (Phi) is 2.19. The molecule has 2 aromatic rings. The lowest BCUT2D eigenvalue weighted by atomic mass is 10.0. The van der Waals surface area contributed by atoms with Crippen LogP contribution in [-0.4, -0.2) is 14.0 Å². The van der Waals surface area contributed by atoms with E-state index in [1.165, 1.54) is 0 Å². The van der Waals surface area contributed by atoms with Gasteiger partial charge in [0.25, 0.3) is 0 Å². The maximum absolute atomic E-state index is 11.1. The third-order valence-corrected chi connectivity index (χ3v) is 3.70. The van der Waals surface area contributed by atoms with Gasteiger partial charge < -0.3 is 8.97 Å². The van der Waals surface area contributed by atoms with Crippen LogP contribution in [0.1, 0.15) is 11.3 Å². The molecular weight excluding hydrogens is 224 g/mol. The molecule has 2 unspecified atom stereocenters. The zero-order valence-corrected chi connectivity index (χ0v) is 9.24. The molecule has 16 heavy (non-hydrogen) atoms. The lowest BCUT2D eigenvalue weighted by Crippen LogP contribution is -2.17. The highest BCUT2D eigenvalue weighted by Gasteiger charge is 2.22. The van der Waals surface area contributed by atoms with Gasteiger partial charge in [-0.25, -0.2) is 4.21 Å². The van der Waals surface area contributed by atoms with Crippen LogP contribution in [0.25, 0.3) is 17.0 Å². The van der Waals surface area contributed by atoms with Crippen molar-refractivity contribution in [1.82, 2.24) is 0 Å². The van der Waals surface area contributed by atoms with Crippen LogP contribution in [0.3, 0.4) is 0 Å². The minimum Gasteiger partial charge on any atom is -0.456 e. The fourth-order valence-electron chi connectivity index (χ4n) is 2.07. The van der Waals surface area contributed by atoms with Crippen LogP contribution in [0.4, 0.5) is 0 Å². The van der Waals surface area contributed by atoms with Crippen LogP contribution in [0.2, 0.25) is 0 Å². The predicted molar refractivity (Wildman–Crippen MR) is 63.5 cm³/mol. The number of furan rings is 1. The largest absolute Gasteiger partial charge is 0.456 e. The Hall–Kier alpha value is -1.39. The second-order valence-corrected chi connectivity index (χ2v) is 4.98. The molecule has 0 spiro atoms. The van der Waals surface area contributed by atoms with Gasteiger partial charge in [0.1, 0.15) is 11.3 Å². The van der Waals surface area contributed by atoms with E-state index >= 15 is 0 Å². The Morgan fingerprint density at radius 1 is 1.38 bits per heavy atom. The van der Waals surface area contributed by atoms with Crippen molar-refractivity contribution >= 4 is 28.1 Å². The van der Waals surface area contributed by atoms with Gasteiger partial charge in [0, 0.05) is 10.9 Å². The van der Waals surface area contributed by atoms with E-state index in [1.54, 1.807) is 12.2 Å². The number of fused-ring (bicyclic) bond motifs is 3. The van der Waals surface area contributed by atoms with Crippen LogP contribution >= 0.6 is 0 Å². The van der Waals surface area contributed by atoms with Crippen molar-refractivity contribution in [2.45, 2.75) is 11.7 Å². The summed E-state index contributed by atoms with van der Waals surface area (Å²) in [6.07, 6.45) is 4.09. The van der Waals surface area contributed by atoms with Crippen LogP contribution in [0, 0.1) is 0 Å². The van der Waals surface area contributed by atoms with Crippen molar-refractivity contribution in [3.63, 3.8) is 0 Å². The topological polar surface area (TPSA) is 50.4 Å². The Balaban J connectivity index is 2.17. The molecule has 4 heteroatoms. The molecule has 0 bridgehead atoms. The molecule has 1 heterocycles. The Labute approximate surface area is 95.0 Å². The average molecular weight is 234 g/mol. The molecule has 1 aliphatic rings. The Morgan fingerprint density at radius 3 is 3.00 bits per heavy atom. The number of benzene rings is 1. The van der Waals surface area contributed by atoms with E-state index in [9.17, 15) is 4.21 Å². The van der Waals surface area contributed by atoms with E-state index < -0.39 is 11.1 Å². The van der Waals surface area contributed by atoms with Gasteiger partial charge in [0.05, 0.1) is 5.25 Å². The van der Waals surface area contributed by atoms with Crippen LogP contribution in [-0.2, 0) is 17.5 Å². The number of hydrogen-bond donors (Lipinski definition) is 1. The summed E-state index contributed by atoms with van der Waals surface area (Å²) in [6, 6.07) is 7.75. The number of hydrogen-bond acceptors (Lipinski definition) is 2. The number of para-hydroxylation sites is 1. The predicted octanol–water partition coefficient (Wildman–Crippen LogP) is 2.59. The minimum atomic E-state index is -1.81. The van der Waals surface area contributed by atoms with E-state index in [0.717, 1.165) is 22.3 Å². The molecule has 82 valence electrons.